The zero-order chi connectivity index (χ0) is 12.8. The van der Waals surface area contributed by atoms with Crippen LogP contribution in [0.2, 0.25) is 0 Å². The fraction of sp³-hybridized carbons (Fsp3) is 0.462. The Morgan fingerprint density at radius 1 is 1.53 bits per heavy atom. The molecule has 0 bridgehead atoms. The number of hydrogen-bond donors (Lipinski definition) is 1. The van der Waals surface area contributed by atoms with Crippen molar-refractivity contribution in [2.24, 2.45) is 0 Å². The summed E-state index contributed by atoms with van der Waals surface area (Å²) in [7, 11) is 1.60. The van der Waals surface area contributed by atoms with Gasteiger partial charge in [-0.1, -0.05) is 13.0 Å². The van der Waals surface area contributed by atoms with Gasteiger partial charge in [0.15, 0.2) is 0 Å². The zero-order valence-corrected chi connectivity index (χ0v) is 10.5. The van der Waals surface area contributed by atoms with Crippen LogP contribution in [0.1, 0.15) is 20.3 Å². The Hall–Kier alpha value is -1.71. The number of hydrogen-bond acceptors (Lipinski definition) is 3. The molecule has 0 unspecified atom stereocenters. The molecule has 17 heavy (non-hydrogen) atoms. The van der Waals surface area contributed by atoms with Gasteiger partial charge >= 0.3 is 5.97 Å². The second-order valence-electron chi connectivity index (χ2n) is 3.91. The van der Waals surface area contributed by atoms with E-state index in [1.807, 2.05) is 36.1 Å². The highest BCUT2D eigenvalue weighted by Gasteiger charge is 2.20. The number of carboxylic acids is 1. The lowest BCUT2D eigenvalue weighted by Gasteiger charge is -2.28. The minimum absolute atomic E-state index is 0.540. The molecular formula is C13H19NO3. The highest BCUT2D eigenvalue weighted by molar-refractivity contribution is 5.77. The maximum absolute atomic E-state index is 11.1. The van der Waals surface area contributed by atoms with E-state index in [2.05, 4.69) is 0 Å². The molecule has 0 radical (unpaired) electrons. The van der Waals surface area contributed by atoms with E-state index in [0.717, 1.165) is 17.9 Å². The molecular weight excluding hydrogens is 218 g/mol. The van der Waals surface area contributed by atoms with E-state index in [0.29, 0.717) is 6.54 Å². The maximum atomic E-state index is 11.1. The van der Waals surface area contributed by atoms with Crippen molar-refractivity contribution >= 4 is 11.7 Å². The average Bonchev–Trinajstić information content (AvgIpc) is 2.35. The van der Waals surface area contributed by atoms with Crippen LogP contribution >= 0.6 is 0 Å². The molecule has 0 saturated heterocycles. The van der Waals surface area contributed by atoms with Crippen LogP contribution in [0.4, 0.5) is 5.69 Å². The minimum atomic E-state index is -0.818. The minimum Gasteiger partial charge on any atom is -0.497 e. The van der Waals surface area contributed by atoms with Crippen molar-refractivity contribution in [3.05, 3.63) is 24.3 Å². The van der Waals surface area contributed by atoms with Gasteiger partial charge in [-0.15, -0.1) is 0 Å². The smallest absolute Gasteiger partial charge is 0.326 e. The van der Waals surface area contributed by atoms with Crippen molar-refractivity contribution in [1.29, 1.82) is 0 Å². The standard InChI is InChI=1S/C13H19NO3/c1-4-8-14(10(2)13(15)16)11-6-5-7-12(9-11)17-3/h5-7,9-10H,4,8H2,1-3H3,(H,15,16)/t10-/m0/s1. The highest BCUT2D eigenvalue weighted by atomic mass is 16.5. The topological polar surface area (TPSA) is 49.8 Å². The highest BCUT2D eigenvalue weighted by Crippen LogP contribution is 2.23. The van der Waals surface area contributed by atoms with Gasteiger partial charge in [0.25, 0.3) is 0 Å². The average molecular weight is 237 g/mol. The Labute approximate surface area is 102 Å². The quantitative estimate of drug-likeness (QED) is 0.825. The van der Waals surface area contributed by atoms with E-state index >= 15 is 0 Å². The number of methoxy groups -OCH3 is 1. The van der Waals surface area contributed by atoms with Gasteiger partial charge in [-0.05, 0) is 25.5 Å². The molecule has 1 atom stereocenters. The van der Waals surface area contributed by atoms with Crippen molar-refractivity contribution in [1.82, 2.24) is 0 Å². The van der Waals surface area contributed by atoms with E-state index < -0.39 is 12.0 Å². The molecule has 4 nitrogen and oxygen atoms in total. The molecule has 0 amide bonds. The third kappa shape index (κ3) is 3.37. The van der Waals surface area contributed by atoms with Crippen LogP contribution in [0.3, 0.4) is 0 Å². The summed E-state index contributed by atoms with van der Waals surface area (Å²) in [5.41, 5.74) is 0.876. The first-order chi connectivity index (χ1) is 8.10. The molecule has 0 aliphatic rings. The molecule has 0 heterocycles. The van der Waals surface area contributed by atoms with Crippen molar-refractivity contribution in [3.8, 4) is 5.75 Å². The summed E-state index contributed by atoms with van der Waals surface area (Å²) in [6.45, 7) is 4.43. The lowest BCUT2D eigenvalue weighted by molar-refractivity contribution is -0.138. The third-order valence-corrected chi connectivity index (χ3v) is 2.67. The molecule has 1 aromatic carbocycles. The van der Waals surface area contributed by atoms with Crippen molar-refractivity contribution in [2.75, 3.05) is 18.6 Å². The number of ether oxygens (including phenoxy) is 1. The predicted octanol–water partition coefficient (Wildman–Crippen LogP) is 2.38. The van der Waals surface area contributed by atoms with Crippen molar-refractivity contribution < 1.29 is 14.6 Å². The first kappa shape index (κ1) is 13.4. The molecule has 0 aliphatic carbocycles. The lowest BCUT2D eigenvalue weighted by Crippen LogP contribution is -2.39. The van der Waals surface area contributed by atoms with Crippen molar-refractivity contribution in [3.63, 3.8) is 0 Å². The Morgan fingerprint density at radius 3 is 2.76 bits per heavy atom. The molecule has 0 spiro atoms. The number of rotatable bonds is 6. The third-order valence-electron chi connectivity index (χ3n) is 2.67. The fourth-order valence-electron chi connectivity index (χ4n) is 1.71. The largest absolute Gasteiger partial charge is 0.497 e. The molecule has 0 aliphatic heterocycles. The molecule has 1 rings (SSSR count). The Kier molecular flexibility index (Phi) is 4.82. The van der Waals surface area contributed by atoms with Crippen LogP contribution in [0.25, 0.3) is 0 Å². The van der Waals surface area contributed by atoms with E-state index in [9.17, 15) is 4.79 Å². The number of aliphatic carboxylic acids is 1. The Bertz CT molecular complexity index is 379. The van der Waals surface area contributed by atoms with Gasteiger partial charge in [0.2, 0.25) is 0 Å². The van der Waals surface area contributed by atoms with Crippen LogP contribution in [0, 0.1) is 0 Å². The van der Waals surface area contributed by atoms with E-state index in [4.69, 9.17) is 9.84 Å². The van der Waals surface area contributed by atoms with Gasteiger partial charge in [-0.2, -0.15) is 0 Å². The molecule has 0 saturated carbocycles. The summed E-state index contributed by atoms with van der Waals surface area (Å²) in [6, 6.07) is 6.93. The summed E-state index contributed by atoms with van der Waals surface area (Å²) in [5.74, 6) is -0.0811. The van der Waals surface area contributed by atoms with Crippen LogP contribution in [-0.2, 0) is 4.79 Å². The number of benzene rings is 1. The summed E-state index contributed by atoms with van der Waals surface area (Å²) in [6.07, 6.45) is 0.898. The van der Waals surface area contributed by atoms with Gasteiger partial charge < -0.3 is 14.7 Å². The van der Waals surface area contributed by atoms with Gasteiger partial charge in [0.1, 0.15) is 11.8 Å². The number of anilines is 1. The summed E-state index contributed by atoms with van der Waals surface area (Å²) in [4.78, 5) is 12.9. The normalized spacial score (nSPS) is 11.9. The molecule has 4 heteroatoms. The molecule has 0 aromatic heterocycles. The second-order valence-corrected chi connectivity index (χ2v) is 3.91. The maximum Gasteiger partial charge on any atom is 0.326 e. The zero-order valence-electron chi connectivity index (χ0n) is 10.5. The molecule has 0 fully saturated rings. The van der Waals surface area contributed by atoms with Crippen molar-refractivity contribution in [2.45, 2.75) is 26.3 Å². The second kappa shape index (κ2) is 6.13. The summed E-state index contributed by atoms with van der Waals surface area (Å²) < 4.78 is 5.15. The van der Waals surface area contributed by atoms with Crippen LogP contribution < -0.4 is 9.64 Å². The van der Waals surface area contributed by atoms with Crippen LogP contribution in [0.15, 0.2) is 24.3 Å². The molecule has 1 aromatic rings. The van der Waals surface area contributed by atoms with Crippen LogP contribution in [-0.4, -0.2) is 30.8 Å². The summed E-state index contributed by atoms with van der Waals surface area (Å²) >= 11 is 0. The Morgan fingerprint density at radius 2 is 2.24 bits per heavy atom. The monoisotopic (exact) mass is 237 g/mol. The van der Waals surface area contributed by atoms with E-state index in [-0.39, 0.29) is 0 Å². The van der Waals surface area contributed by atoms with E-state index in [1.165, 1.54) is 0 Å². The number of carbonyl (C=O) groups is 1. The SMILES string of the molecule is CCCN(c1cccc(OC)c1)[C@@H](C)C(=O)O. The first-order valence-electron chi connectivity index (χ1n) is 5.73. The van der Waals surface area contributed by atoms with Gasteiger partial charge in [0.05, 0.1) is 7.11 Å². The first-order valence-corrected chi connectivity index (χ1v) is 5.73. The van der Waals surface area contributed by atoms with Gasteiger partial charge in [-0.25, -0.2) is 4.79 Å². The van der Waals surface area contributed by atoms with Gasteiger partial charge in [0, 0.05) is 18.3 Å². The molecule has 1 N–H and O–H groups in total. The Balaban J connectivity index is 2.99. The fourth-order valence-corrected chi connectivity index (χ4v) is 1.71. The van der Waals surface area contributed by atoms with Gasteiger partial charge in [-0.3, -0.25) is 0 Å². The van der Waals surface area contributed by atoms with E-state index in [1.54, 1.807) is 14.0 Å². The van der Waals surface area contributed by atoms with Crippen LogP contribution in [0.5, 0.6) is 5.75 Å². The number of nitrogens with zero attached hydrogens (tertiary/aromatic N) is 1. The predicted molar refractivity (Wildman–Crippen MR) is 67.7 cm³/mol. The molecule has 94 valence electrons. The number of carboxylic acid groups (broad SMARTS) is 1. The summed E-state index contributed by atoms with van der Waals surface area (Å²) in [5, 5.41) is 9.09. The lowest BCUT2D eigenvalue weighted by atomic mass is 10.2.